The van der Waals surface area contributed by atoms with Crippen LogP contribution in [0.25, 0.3) is 0 Å². The Morgan fingerprint density at radius 2 is 1.80 bits per heavy atom. The van der Waals surface area contributed by atoms with E-state index in [1.807, 2.05) is 6.07 Å². The van der Waals surface area contributed by atoms with E-state index >= 15 is 0 Å². The van der Waals surface area contributed by atoms with Gasteiger partial charge in [-0.15, -0.1) is 0 Å². The Bertz CT molecular complexity index is 1580. The number of para-hydroxylation sites is 1. The second-order valence-corrected chi connectivity index (χ2v) is 11.2. The van der Waals surface area contributed by atoms with Gasteiger partial charge in [0.1, 0.15) is 12.1 Å². The molecule has 4 amide bonds. The molecule has 1 aliphatic carbocycles. The standard InChI is InChI=1S/C29H25F6N5O4/c1-39(25(43)23(41)37-21-9-8-16(28(30,31)32)11-19(21)29(33,34)35)22(10-15-6-7-15)24(42)40-14-27(12-17(40)13-36)18-4-2-3-5-20(18)38-26(27)44/h2-5,8-9,11,15,17,22H,6-7,10,12,14H2,1H3,(H,37,41)(H,38,44)/t17-,22-,27?/m0/s1. The molecule has 232 valence electrons. The number of fused-ring (bicyclic) bond motifs is 2. The number of hydrogen-bond donors (Lipinski definition) is 2. The molecule has 2 aromatic rings. The summed E-state index contributed by atoms with van der Waals surface area (Å²) in [6.07, 6.45) is -8.87. The molecule has 1 spiro atoms. The lowest BCUT2D eigenvalue weighted by Gasteiger charge is -2.32. The SMILES string of the molecule is CN(C(=O)C(=O)Nc1ccc(C(F)(F)F)cc1C(F)(F)F)[C@@H](CC1CC1)C(=O)N1CC2(C[C@H]1C#N)C(=O)Nc1ccccc12. The summed E-state index contributed by atoms with van der Waals surface area (Å²) in [5, 5.41) is 14.4. The van der Waals surface area contributed by atoms with Crippen molar-refractivity contribution < 1.29 is 45.5 Å². The van der Waals surface area contributed by atoms with E-state index in [4.69, 9.17) is 0 Å². The Kier molecular flexibility index (Phi) is 7.59. The predicted octanol–water partition coefficient (Wildman–Crippen LogP) is 4.30. The van der Waals surface area contributed by atoms with Crippen molar-refractivity contribution in [3.63, 3.8) is 0 Å². The smallest absolute Gasteiger partial charge is 0.325 e. The molecule has 2 aromatic carbocycles. The van der Waals surface area contributed by atoms with Crippen LogP contribution in [0.3, 0.4) is 0 Å². The highest BCUT2D eigenvalue weighted by Gasteiger charge is 2.57. The second kappa shape index (κ2) is 10.8. The fourth-order valence-corrected chi connectivity index (χ4v) is 5.81. The van der Waals surface area contributed by atoms with Gasteiger partial charge in [0, 0.05) is 25.7 Å². The zero-order valence-corrected chi connectivity index (χ0v) is 23.1. The number of amides is 4. The van der Waals surface area contributed by atoms with E-state index in [9.17, 15) is 50.8 Å². The molecule has 0 bridgehead atoms. The zero-order chi connectivity index (χ0) is 32.2. The number of carbonyl (C=O) groups excluding carboxylic acids is 4. The van der Waals surface area contributed by atoms with Gasteiger partial charge in [0.05, 0.1) is 28.3 Å². The molecule has 2 aliphatic heterocycles. The Morgan fingerprint density at radius 1 is 1.11 bits per heavy atom. The summed E-state index contributed by atoms with van der Waals surface area (Å²) in [7, 11) is 1.11. The highest BCUT2D eigenvalue weighted by atomic mass is 19.4. The molecule has 1 saturated heterocycles. The Labute approximate surface area is 246 Å². The number of likely N-dealkylation sites (N-methyl/N-ethyl adjacent to an activating group) is 1. The molecule has 5 rings (SSSR count). The van der Waals surface area contributed by atoms with E-state index in [1.54, 1.807) is 29.6 Å². The Morgan fingerprint density at radius 3 is 2.41 bits per heavy atom. The molecule has 9 nitrogen and oxygen atoms in total. The quantitative estimate of drug-likeness (QED) is 0.381. The maximum absolute atomic E-state index is 13.9. The number of carbonyl (C=O) groups is 4. The van der Waals surface area contributed by atoms with Crippen LogP contribution >= 0.6 is 0 Å². The first-order chi connectivity index (χ1) is 20.6. The number of anilines is 2. The van der Waals surface area contributed by atoms with Crippen LogP contribution in [-0.2, 0) is 36.9 Å². The lowest BCUT2D eigenvalue weighted by atomic mass is 9.80. The van der Waals surface area contributed by atoms with Crippen molar-refractivity contribution in [1.82, 2.24) is 9.80 Å². The van der Waals surface area contributed by atoms with Gasteiger partial charge in [-0.05, 0) is 42.2 Å². The van der Waals surface area contributed by atoms with Crippen LogP contribution in [0.15, 0.2) is 42.5 Å². The van der Waals surface area contributed by atoms with Gasteiger partial charge in [0.25, 0.3) is 0 Å². The average Bonchev–Trinajstić information content (AvgIpc) is 3.64. The van der Waals surface area contributed by atoms with Gasteiger partial charge >= 0.3 is 24.2 Å². The molecule has 0 aromatic heterocycles. The molecular formula is C29H25F6N5O4. The van der Waals surface area contributed by atoms with Gasteiger partial charge in [-0.25, -0.2) is 0 Å². The molecule has 2 heterocycles. The van der Waals surface area contributed by atoms with E-state index in [-0.39, 0.29) is 31.4 Å². The molecule has 15 heteroatoms. The fourth-order valence-electron chi connectivity index (χ4n) is 5.81. The third-order valence-electron chi connectivity index (χ3n) is 8.34. The van der Waals surface area contributed by atoms with Crippen LogP contribution < -0.4 is 10.6 Å². The first kappa shape index (κ1) is 30.8. The number of benzene rings is 2. The maximum atomic E-state index is 13.9. The maximum Gasteiger partial charge on any atom is 0.418 e. The van der Waals surface area contributed by atoms with Gasteiger partial charge in [0.15, 0.2) is 0 Å². The van der Waals surface area contributed by atoms with Crippen LogP contribution in [-0.4, -0.2) is 59.1 Å². The summed E-state index contributed by atoms with van der Waals surface area (Å²) in [4.78, 5) is 55.0. The highest BCUT2D eigenvalue weighted by Crippen LogP contribution is 2.47. The summed E-state index contributed by atoms with van der Waals surface area (Å²) in [6, 6.07) is 7.08. The van der Waals surface area contributed by atoms with Crippen molar-refractivity contribution >= 4 is 35.0 Å². The summed E-state index contributed by atoms with van der Waals surface area (Å²) in [5.74, 6) is -4.13. The molecule has 3 aliphatic rings. The van der Waals surface area contributed by atoms with Gasteiger partial charge in [0.2, 0.25) is 11.8 Å². The number of nitriles is 1. The molecule has 44 heavy (non-hydrogen) atoms. The van der Waals surface area contributed by atoms with E-state index in [1.165, 1.54) is 4.90 Å². The molecular weight excluding hydrogens is 596 g/mol. The minimum absolute atomic E-state index is 0.00149. The first-order valence-electron chi connectivity index (χ1n) is 13.5. The number of likely N-dealkylation sites (tertiary alicyclic amines) is 1. The lowest BCUT2D eigenvalue weighted by Crippen LogP contribution is -2.53. The van der Waals surface area contributed by atoms with Crippen LogP contribution in [0.1, 0.15) is 42.4 Å². The van der Waals surface area contributed by atoms with Crippen LogP contribution in [0, 0.1) is 17.2 Å². The molecule has 1 unspecified atom stereocenters. The third-order valence-corrected chi connectivity index (χ3v) is 8.34. The molecule has 0 radical (unpaired) electrons. The monoisotopic (exact) mass is 621 g/mol. The summed E-state index contributed by atoms with van der Waals surface area (Å²) >= 11 is 0. The van der Waals surface area contributed by atoms with E-state index < -0.39 is 70.3 Å². The molecule has 3 atom stereocenters. The third kappa shape index (κ3) is 5.56. The average molecular weight is 622 g/mol. The number of nitrogens with one attached hydrogen (secondary N) is 2. The van der Waals surface area contributed by atoms with Crippen LogP contribution in [0.2, 0.25) is 0 Å². The predicted molar refractivity (Wildman–Crippen MR) is 141 cm³/mol. The van der Waals surface area contributed by atoms with Gasteiger partial charge in [-0.2, -0.15) is 31.6 Å². The van der Waals surface area contributed by atoms with Crippen molar-refractivity contribution in [2.75, 3.05) is 24.2 Å². The number of alkyl halides is 6. The number of nitrogens with zero attached hydrogens (tertiary/aromatic N) is 3. The molecule has 2 fully saturated rings. The first-order valence-corrected chi connectivity index (χ1v) is 13.5. The Hall–Kier alpha value is -4.61. The lowest BCUT2D eigenvalue weighted by molar-refractivity contribution is -0.149. The molecule has 2 N–H and O–H groups in total. The minimum Gasteiger partial charge on any atom is -0.325 e. The molecule has 1 saturated carbocycles. The van der Waals surface area contributed by atoms with E-state index in [2.05, 4.69) is 5.32 Å². The number of hydrogen-bond acceptors (Lipinski definition) is 5. The van der Waals surface area contributed by atoms with Crippen molar-refractivity contribution in [3.05, 3.63) is 59.2 Å². The van der Waals surface area contributed by atoms with Gasteiger partial charge < -0.3 is 20.4 Å². The van der Waals surface area contributed by atoms with Crippen LogP contribution in [0.4, 0.5) is 37.7 Å². The Balaban J connectivity index is 1.39. The summed E-state index contributed by atoms with van der Waals surface area (Å²) in [6.45, 7) is -0.178. The van der Waals surface area contributed by atoms with Gasteiger partial charge in [-0.3, -0.25) is 19.2 Å². The van der Waals surface area contributed by atoms with Crippen molar-refractivity contribution in [1.29, 1.82) is 5.26 Å². The minimum atomic E-state index is -5.30. The second-order valence-electron chi connectivity index (χ2n) is 11.2. The van der Waals surface area contributed by atoms with E-state index in [0.29, 0.717) is 23.4 Å². The normalized spacial score (nSPS) is 21.8. The van der Waals surface area contributed by atoms with Crippen molar-refractivity contribution in [2.24, 2.45) is 5.92 Å². The van der Waals surface area contributed by atoms with Gasteiger partial charge in [-0.1, -0.05) is 31.0 Å². The zero-order valence-electron chi connectivity index (χ0n) is 23.1. The largest absolute Gasteiger partial charge is 0.418 e. The fraction of sp³-hybridized carbons (Fsp3) is 0.414. The topological polar surface area (TPSA) is 123 Å². The van der Waals surface area contributed by atoms with Crippen molar-refractivity contribution in [2.45, 2.75) is 55.5 Å². The summed E-state index contributed by atoms with van der Waals surface area (Å²) in [5.41, 5.74) is -4.54. The number of halogens is 6. The highest BCUT2D eigenvalue weighted by molar-refractivity contribution is 6.40. The van der Waals surface area contributed by atoms with Crippen molar-refractivity contribution in [3.8, 4) is 6.07 Å². The number of rotatable bonds is 5. The van der Waals surface area contributed by atoms with Crippen LogP contribution in [0.5, 0.6) is 0 Å². The van der Waals surface area contributed by atoms with E-state index in [0.717, 1.165) is 24.8 Å². The summed E-state index contributed by atoms with van der Waals surface area (Å²) < 4.78 is 79.9.